The first-order valence-electron chi connectivity index (χ1n) is 8.81. The van der Waals surface area contributed by atoms with Crippen LogP contribution in [0.4, 0.5) is 15.8 Å². The molecule has 1 heterocycles. The molecule has 4 rings (SSSR count). The average Bonchev–Trinajstić information content (AvgIpc) is 2.77. The van der Waals surface area contributed by atoms with Gasteiger partial charge in [0.05, 0.1) is 25.4 Å². The second-order valence-electron chi connectivity index (χ2n) is 6.16. The number of fused-ring (bicyclic) bond motifs is 1. The Bertz CT molecular complexity index is 1310. The van der Waals surface area contributed by atoms with Crippen molar-refractivity contribution in [3.63, 3.8) is 0 Å². The maximum absolute atomic E-state index is 12.4. The lowest BCUT2D eigenvalue weighted by Crippen LogP contribution is -1.91. The molecule has 4 aromatic rings. The Hall–Kier alpha value is -3.82. The Labute approximate surface area is 190 Å². The van der Waals surface area contributed by atoms with Crippen LogP contribution < -0.4 is 4.74 Å². The smallest absolute Gasteiger partial charge is 0.271 e. The molecule has 0 aliphatic carbocycles. The van der Waals surface area contributed by atoms with Crippen molar-refractivity contribution in [3.8, 4) is 11.5 Å². The minimum Gasteiger partial charge on any atom is -0.455 e. The number of ether oxygens (including phenoxy) is 1. The van der Waals surface area contributed by atoms with E-state index in [1.165, 1.54) is 18.2 Å². The normalized spacial score (nSPS) is 10.2. The van der Waals surface area contributed by atoms with Gasteiger partial charge in [-0.25, -0.2) is 4.39 Å². The van der Waals surface area contributed by atoms with Crippen LogP contribution in [0.3, 0.4) is 0 Å². The van der Waals surface area contributed by atoms with Crippen molar-refractivity contribution in [2.24, 2.45) is 0 Å². The third-order valence-corrected chi connectivity index (χ3v) is 4.65. The standard InChI is InChI=1S/C15H9ClN2O3.C6H3ClFNO2/c16-12-9-10(18(19)20)6-7-15(12)21-14-5-1-4-13-11(14)3-2-8-17-13;7-5-3-4(9(10)11)1-2-6(5)8/h1-9H;1-3H. The third-order valence-electron chi connectivity index (χ3n) is 4.07. The molecule has 8 nitrogen and oxygen atoms in total. The Kier molecular flexibility index (Phi) is 7.14. The molecule has 0 N–H and O–H groups in total. The summed E-state index contributed by atoms with van der Waals surface area (Å²) in [6.07, 6.45) is 1.70. The topological polar surface area (TPSA) is 108 Å². The Morgan fingerprint density at radius 3 is 2.09 bits per heavy atom. The van der Waals surface area contributed by atoms with Crippen LogP contribution in [-0.4, -0.2) is 14.8 Å². The molecule has 32 heavy (non-hydrogen) atoms. The second-order valence-corrected chi connectivity index (χ2v) is 6.97. The minimum atomic E-state index is -0.655. The fraction of sp³-hybridized carbons (Fsp3) is 0. The number of halogens is 3. The quantitative estimate of drug-likeness (QED) is 0.232. The van der Waals surface area contributed by atoms with Crippen molar-refractivity contribution in [3.05, 3.63) is 109 Å². The van der Waals surface area contributed by atoms with E-state index in [1.807, 2.05) is 24.3 Å². The van der Waals surface area contributed by atoms with Crippen molar-refractivity contribution in [1.29, 1.82) is 0 Å². The van der Waals surface area contributed by atoms with Crippen molar-refractivity contribution < 1.29 is 19.0 Å². The average molecular weight is 476 g/mol. The summed E-state index contributed by atoms with van der Waals surface area (Å²) in [5, 5.41) is 21.6. The van der Waals surface area contributed by atoms with Gasteiger partial charge in [0.15, 0.2) is 0 Å². The van der Waals surface area contributed by atoms with E-state index in [0.717, 1.165) is 29.1 Å². The van der Waals surface area contributed by atoms with Crippen LogP contribution >= 0.6 is 23.2 Å². The first kappa shape index (κ1) is 22.9. The predicted molar refractivity (Wildman–Crippen MR) is 118 cm³/mol. The van der Waals surface area contributed by atoms with Gasteiger partial charge in [-0.2, -0.15) is 0 Å². The molecule has 0 fully saturated rings. The number of nitro groups is 2. The summed E-state index contributed by atoms with van der Waals surface area (Å²) >= 11 is 11.3. The van der Waals surface area contributed by atoms with Gasteiger partial charge >= 0.3 is 0 Å². The van der Waals surface area contributed by atoms with Gasteiger partial charge < -0.3 is 4.74 Å². The van der Waals surface area contributed by atoms with E-state index in [2.05, 4.69) is 4.98 Å². The summed E-state index contributed by atoms with van der Waals surface area (Å²) in [7, 11) is 0. The molecule has 0 aliphatic rings. The zero-order valence-corrected chi connectivity index (χ0v) is 17.5. The molecule has 162 valence electrons. The minimum absolute atomic E-state index is 0.0769. The second kappa shape index (κ2) is 9.99. The molecule has 1 aromatic heterocycles. The van der Waals surface area contributed by atoms with Crippen molar-refractivity contribution in [2.45, 2.75) is 0 Å². The molecular formula is C21H12Cl2FN3O5. The highest BCUT2D eigenvalue weighted by Crippen LogP contribution is 2.35. The summed E-state index contributed by atoms with van der Waals surface area (Å²) < 4.78 is 18.2. The van der Waals surface area contributed by atoms with Crippen molar-refractivity contribution >= 4 is 45.5 Å². The molecule has 0 bridgehead atoms. The molecule has 0 saturated heterocycles. The SMILES string of the molecule is O=[N+]([O-])c1ccc(F)c(Cl)c1.O=[N+]([O-])c1ccc(Oc2cccc3ncccc23)c(Cl)c1. The van der Waals surface area contributed by atoms with Crippen LogP contribution in [-0.2, 0) is 0 Å². The molecule has 0 unspecified atom stereocenters. The first-order chi connectivity index (χ1) is 15.3. The van der Waals surface area contributed by atoms with E-state index in [1.54, 1.807) is 12.3 Å². The lowest BCUT2D eigenvalue weighted by atomic mass is 10.2. The third kappa shape index (κ3) is 5.45. The van der Waals surface area contributed by atoms with E-state index >= 15 is 0 Å². The number of benzene rings is 3. The van der Waals surface area contributed by atoms with Gasteiger partial charge in [0, 0.05) is 35.8 Å². The molecule has 0 spiro atoms. The molecule has 0 aliphatic heterocycles. The van der Waals surface area contributed by atoms with E-state index in [-0.39, 0.29) is 21.4 Å². The Morgan fingerprint density at radius 1 is 0.812 bits per heavy atom. The highest BCUT2D eigenvalue weighted by atomic mass is 35.5. The Morgan fingerprint density at radius 2 is 1.47 bits per heavy atom. The van der Waals surface area contributed by atoms with Gasteiger partial charge in [0.25, 0.3) is 11.4 Å². The van der Waals surface area contributed by atoms with Gasteiger partial charge in [-0.1, -0.05) is 29.3 Å². The number of nitrogens with zero attached hydrogens (tertiary/aromatic N) is 3. The molecule has 11 heteroatoms. The van der Waals surface area contributed by atoms with Crippen LogP contribution in [0, 0.1) is 26.0 Å². The van der Waals surface area contributed by atoms with Crippen LogP contribution in [0.25, 0.3) is 10.9 Å². The lowest BCUT2D eigenvalue weighted by Gasteiger charge is -2.09. The van der Waals surface area contributed by atoms with Crippen LogP contribution in [0.1, 0.15) is 0 Å². The summed E-state index contributed by atoms with van der Waals surface area (Å²) in [6.45, 7) is 0. The maximum atomic E-state index is 12.4. The molecule has 0 saturated carbocycles. The summed E-state index contributed by atoms with van der Waals surface area (Å²) in [6, 6.07) is 16.3. The van der Waals surface area contributed by atoms with E-state index in [4.69, 9.17) is 27.9 Å². The van der Waals surface area contributed by atoms with Gasteiger partial charge in [-0.15, -0.1) is 0 Å². The highest BCUT2D eigenvalue weighted by Gasteiger charge is 2.12. The van der Waals surface area contributed by atoms with Crippen LogP contribution in [0.5, 0.6) is 11.5 Å². The zero-order chi connectivity index (χ0) is 23.3. The fourth-order valence-corrected chi connectivity index (χ4v) is 2.96. The van der Waals surface area contributed by atoms with Gasteiger partial charge in [0.1, 0.15) is 17.3 Å². The molecule has 0 radical (unpaired) electrons. The lowest BCUT2D eigenvalue weighted by molar-refractivity contribution is -0.385. The highest BCUT2D eigenvalue weighted by molar-refractivity contribution is 6.32. The van der Waals surface area contributed by atoms with E-state index in [0.29, 0.717) is 11.5 Å². The van der Waals surface area contributed by atoms with Crippen LogP contribution in [0.2, 0.25) is 10.0 Å². The fourth-order valence-electron chi connectivity index (χ4n) is 2.57. The summed E-state index contributed by atoms with van der Waals surface area (Å²) in [4.78, 5) is 23.9. The molecular weight excluding hydrogens is 464 g/mol. The maximum Gasteiger partial charge on any atom is 0.271 e. The van der Waals surface area contributed by atoms with Gasteiger partial charge in [0.2, 0.25) is 0 Å². The number of pyridine rings is 1. The number of non-ortho nitro benzene ring substituents is 2. The number of nitro benzene ring substituents is 2. The van der Waals surface area contributed by atoms with E-state index < -0.39 is 15.7 Å². The number of hydrogen-bond acceptors (Lipinski definition) is 6. The number of hydrogen-bond donors (Lipinski definition) is 0. The molecule has 0 atom stereocenters. The first-order valence-corrected chi connectivity index (χ1v) is 9.57. The summed E-state index contributed by atoms with van der Waals surface area (Å²) in [5.41, 5.74) is 0.511. The monoisotopic (exact) mass is 475 g/mol. The van der Waals surface area contributed by atoms with Gasteiger partial charge in [-0.3, -0.25) is 25.2 Å². The molecule has 0 amide bonds. The molecule has 3 aromatic carbocycles. The van der Waals surface area contributed by atoms with Gasteiger partial charge in [-0.05, 0) is 36.4 Å². The number of rotatable bonds is 4. The number of aromatic nitrogens is 1. The van der Waals surface area contributed by atoms with Crippen LogP contribution in [0.15, 0.2) is 72.9 Å². The van der Waals surface area contributed by atoms with Crippen molar-refractivity contribution in [1.82, 2.24) is 4.98 Å². The zero-order valence-electron chi connectivity index (χ0n) is 15.9. The predicted octanol–water partition coefficient (Wildman–Crippen LogP) is 6.98. The Balaban J connectivity index is 0.000000222. The summed E-state index contributed by atoms with van der Waals surface area (Å²) in [5.74, 6) is 0.298. The van der Waals surface area contributed by atoms with E-state index in [9.17, 15) is 24.6 Å². The van der Waals surface area contributed by atoms with Crippen molar-refractivity contribution in [2.75, 3.05) is 0 Å². The largest absolute Gasteiger partial charge is 0.455 e.